The van der Waals surface area contributed by atoms with E-state index in [1.54, 1.807) is 38.1 Å². The van der Waals surface area contributed by atoms with E-state index in [-0.39, 0.29) is 35.6 Å². The molecule has 0 aromatic heterocycles. The van der Waals surface area contributed by atoms with Crippen molar-refractivity contribution >= 4 is 17.7 Å². The molecule has 1 aromatic rings. The molecule has 3 aliphatic rings. The third-order valence-electron chi connectivity index (χ3n) is 5.69. The van der Waals surface area contributed by atoms with Crippen molar-refractivity contribution in [3.8, 4) is 0 Å². The number of benzene rings is 1. The van der Waals surface area contributed by atoms with Crippen LogP contribution in [-0.4, -0.2) is 29.4 Å². The van der Waals surface area contributed by atoms with Crippen LogP contribution >= 0.6 is 0 Å². The number of hydrogen-bond acceptors (Lipinski definition) is 5. The van der Waals surface area contributed by atoms with Gasteiger partial charge < -0.3 is 9.47 Å². The van der Waals surface area contributed by atoms with Crippen molar-refractivity contribution in [3.05, 3.63) is 35.9 Å². The number of rotatable bonds is 4. The molecule has 1 heterocycles. The van der Waals surface area contributed by atoms with Crippen LogP contribution in [0.15, 0.2) is 30.3 Å². The van der Waals surface area contributed by atoms with Gasteiger partial charge in [-0.25, -0.2) is 0 Å². The molecule has 5 atom stereocenters. The van der Waals surface area contributed by atoms with Gasteiger partial charge in [-0.15, -0.1) is 0 Å². The van der Waals surface area contributed by atoms with Crippen molar-refractivity contribution in [3.63, 3.8) is 0 Å². The molecule has 0 amide bonds. The second kappa shape index (κ2) is 5.16. The predicted molar refractivity (Wildman–Crippen MR) is 84.0 cm³/mol. The van der Waals surface area contributed by atoms with Gasteiger partial charge in [-0.1, -0.05) is 30.3 Å². The average molecular weight is 328 g/mol. The first-order valence-electron chi connectivity index (χ1n) is 8.41. The fourth-order valence-electron chi connectivity index (χ4n) is 4.63. The quantitative estimate of drug-likeness (QED) is 0.627. The van der Waals surface area contributed by atoms with Gasteiger partial charge in [-0.2, -0.15) is 0 Å². The average Bonchev–Trinajstić information content (AvgIpc) is 3.16. The highest BCUT2D eigenvalue weighted by Gasteiger charge is 2.64. The molecular formula is C19H20O5. The summed E-state index contributed by atoms with van der Waals surface area (Å²) in [6.45, 7) is 3.20. The zero-order valence-electron chi connectivity index (χ0n) is 13.7. The van der Waals surface area contributed by atoms with Crippen LogP contribution in [0.2, 0.25) is 0 Å². The van der Waals surface area contributed by atoms with Crippen LogP contribution in [0, 0.1) is 23.7 Å². The number of Topliss-reactive ketones (excluding diaryl/α,β-unsaturated/α-hetero) is 1. The minimum absolute atomic E-state index is 0.0180. The molecule has 4 rings (SSSR count). The molecule has 3 fully saturated rings. The number of ketones is 1. The lowest BCUT2D eigenvalue weighted by molar-refractivity contribution is -0.163. The lowest BCUT2D eigenvalue weighted by Crippen LogP contribution is -2.42. The Morgan fingerprint density at radius 2 is 1.88 bits per heavy atom. The smallest absolute Gasteiger partial charge is 0.311 e. The molecule has 1 saturated heterocycles. The lowest BCUT2D eigenvalue weighted by Gasteiger charge is -2.29. The zero-order valence-corrected chi connectivity index (χ0v) is 13.7. The molecule has 2 aliphatic carbocycles. The second-order valence-electron chi connectivity index (χ2n) is 7.55. The van der Waals surface area contributed by atoms with Gasteiger partial charge in [-0.05, 0) is 32.6 Å². The molecule has 0 unspecified atom stereocenters. The van der Waals surface area contributed by atoms with E-state index in [4.69, 9.17) is 9.47 Å². The van der Waals surface area contributed by atoms with E-state index >= 15 is 0 Å². The SMILES string of the molecule is CC(C)(OC(=O)[C@@H]1[C@@H]2C[C@@H]3[C@H]1C(=O)O[C@@H]3C2)C(=O)c1ccccc1. The van der Waals surface area contributed by atoms with Gasteiger partial charge in [0.05, 0.1) is 11.8 Å². The molecule has 126 valence electrons. The molecule has 0 radical (unpaired) electrons. The summed E-state index contributed by atoms with van der Waals surface area (Å²) in [6, 6.07) is 8.78. The standard InChI is InChI=1S/C19H20O5/c1-19(2,16(20)10-6-4-3-5-7-10)24-18(22)14-11-8-12-13(9-11)23-17(21)15(12)14/h3-7,11-15H,8-9H2,1-2H3/t11-,12+,13-,14-,15-/m1/s1. The molecule has 5 heteroatoms. The minimum Gasteiger partial charge on any atom is -0.462 e. The van der Waals surface area contributed by atoms with Crippen LogP contribution in [0.4, 0.5) is 0 Å². The molecule has 2 saturated carbocycles. The van der Waals surface area contributed by atoms with Gasteiger partial charge in [0.15, 0.2) is 5.60 Å². The maximum atomic E-state index is 12.7. The minimum atomic E-state index is -1.26. The summed E-state index contributed by atoms with van der Waals surface area (Å²) in [5.74, 6) is -1.54. The molecule has 1 aromatic carbocycles. The largest absolute Gasteiger partial charge is 0.462 e. The Hall–Kier alpha value is -2.17. The monoisotopic (exact) mass is 328 g/mol. The molecular weight excluding hydrogens is 308 g/mol. The Kier molecular flexibility index (Phi) is 3.31. The van der Waals surface area contributed by atoms with Crippen molar-refractivity contribution in [2.24, 2.45) is 23.7 Å². The first-order valence-corrected chi connectivity index (χ1v) is 8.41. The Morgan fingerprint density at radius 3 is 2.58 bits per heavy atom. The van der Waals surface area contributed by atoms with Gasteiger partial charge in [0.1, 0.15) is 6.10 Å². The van der Waals surface area contributed by atoms with E-state index in [0.29, 0.717) is 5.56 Å². The zero-order chi connectivity index (χ0) is 17.1. The third kappa shape index (κ3) is 2.18. The van der Waals surface area contributed by atoms with E-state index < -0.39 is 17.5 Å². The second-order valence-corrected chi connectivity index (χ2v) is 7.55. The topological polar surface area (TPSA) is 69.7 Å². The van der Waals surface area contributed by atoms with E-state index in [0.717, 1.165) is 12.8 Å². The fraction of sp³-hybridized carbons (Fsp3) is 0.526. The van der Waals surface area contributed by atoms with E-state index in [1.165, 1.54) is 0 Å². The number of esters is 2. The summed E-state index contributed by atoms with van der Waals surface area (Å²) in [5.41, 5.74) is -0.758. The summed E-state index contributed by atoms with van der Waals surface area (Å²) in [4.78, 5) is 37.4. The Balaban J connectivity index is 1.52. The first kappa shape index (κ1) is 15.4. The van der Waals surface area contributed by atoms with Crippen LogP contribution in [-0.2, 0) is 19.1 Å². The summed E-state index contributed by atoms with van der Waals surface area (Å²) < 4.78 is 10.9. The van der Waals surface area contributed by atoms with Gasteiger partial charge in [0, 0.05) is 11.5 Å². The van der Waals surface area contributed by atoms with Crippen LogP contribution < -0.4 is 0 Å². The van der Waals surface area contributed by atoms with Crippen molar-refractivity contribution < 1.29 is 23.9 Å². The Morgan fingerprint density at radius 1 is 1.17 bits per heavy atom. The maximum Gasteiger partial charge on any atom is 0.311 e. The number of fused-ring (bicyclic) bond motifs is 1. The number of carbonyl (C=O) groups excluding carboxylic acids is 3. The normalized spacial score (nSPS) is 33.4. The maximum absolute atomic E-state index is 12.7. The van der Waals surface area contributed by atoms with Crippen LogP contribution in [0.3, 0.4) is 0 Å². The summed E-state index contributed by atoms with van der Waals surface area (Å²) in [5, 5.41) is 0. The van der Waals surface area contributed by atoms with Crippen molar-refractivity contribution in [1.82, 2.24) is 0 Å². The highest BCUT2D eigenvalue weighted by atomic mass is 16.6. The molecule has 0 spiro atoms. The molecule has 5 nitrogen and oxygen atoms in total. The Bertz CT molecular complexity index is 706. The van der Waals surface area contributed by atoms with E-state index in [9.17, 15) is 14.4 Å². The van der Waals surface area contributed by atoms with Gasteiger partial charge in [0.2, 0.25) is 5.78 Å². The summed E-state index contributed by atoms with van der Waals surface area (Å²) in [6.07, 6.45) is 1.56. The highest BCUT2D eigenvalue weighted by molar-refractivity contribution is 6.03. The van der Waals surface area contributed by atoms with Crippen LogP contribution in [0.25, 0.3) is 0 Å². The molecule has 24 heavy (non-hydrogen) atoms. The molecule has 0 N–H and O–H groups in total. The van der Waals surface area contributed by atoms with Crippen molar-refractivity contribution in [2.45, 2.75) is 38.4 Å². The number of carbonyl (C=O) groups is 3. The summed E-state index contributed by atoms with van der Waals surface area (Å²) >= 11 is 0. The van der Waals surface area contributed by atoms with Gasteiger partial charge in [0.25, 0.3) is 0 Å². The third-order valence-corrected chi connectivity index (χ3v) is 5.69. The molecule has 1 aliphatic heterocycles. The van der Waals surface area contributed by atoms with Gasteiger partial charge in [-0.3, -0.25) is 14.4 Å². The Labute approximate surface area is 140 Å². The fourth-order valence-corrected chi connectivity index (χ4v) is 4.63. The lowest BCUT2D eigenvalue weighted by atomic mass is 9.80. The van der Waals surface area contributed by atoms with Crippen LogP contribution in [0.1, 0.15) is 37.0 Å². The van der Waals surface area contributed by atoms with Crippen LogP contribution in [0.5, 0.6) is 0 Å². The van der Waals surface area contributed by atoms with E-state index in [1.807, 2.05) is 6.07 Å². The van der Waals surface area contributed by atoms with Crippen molar-refractivity contribution in [1.29, 1.82) is 0 Å². The van der Waals surface area contributed by atoms with Crippen molar-refractivity contribution in [2.75, 3.05) is 0 Å². The van der Waals surface area contributed by atoms with E-state index in [2.05, 4.69) is 0 Å². The highest BCUT2D eigenvalue weighted by Crippen LogP contribution is 2.58. The molecule has 2 bridgehead atoms. The number of hydrogen-bond donors (Lipinski definition) is 0. The first-order chi connectivity index (χ1) is 11.4. The van der Waals surface area contributed by atoms with Gasteiger partial charge >= 0.3 is 11.9 Å². The predicted octanol–water partition coefficient (Wildman–Crippen LogP) is 2.39. The summed E-state index contributed by atoms with van der Waals surface area (Å²) in [7, 11) is 0. The number of ether oxygens (including phenoxy) is 2.